The minimum absolute atomic E-state index is 0.0844. The first-order valence-electron chi connectivity index (χ1n) is 6.81. The quantitative estimate of drug-likeness (QED) is 0.867. The number of carboxylic acid groups (broad SMARTS) is 1. The van der Waals surface area contributed by atoms with Crippen LogP contribution in [0.2, 0.25) is 0 Å². The van der Waals surface area contributed by atoms with E-state index >= 15 is 0 Å². The maximum Gasteiger partial charge on any atom is 0.336 e. The Morgan fingerprint density at radius 1 is 1.38 bits per heavy atom. The second kappa shape index (κ2) is 6.43. The predicted octanol–water partition coefficient (Wildman–Crippen LogP) is 1.21. The smallest absolute Gasteiger partial charge is 0.336 e. The molecule has 0 saturated carbocycles. The Morgan fingerprint density at radius 2 is 2.05 bits per heavy atom. The molecule has 1 fully saturated rings. The van der Waals surface area contributed by atoms with Gasteiger partial charge >= 0.3 is 5.97 Å². The molecule has 21 heavy (non-hydrogen) atoms. The van der Waals surface area contributed by atoms with Crippen LogP contribution in [-0.2, 0) is 4.79 Å². The van der Waals surface area contributed by atoms with Crippen LogP contribution in [-0.4, -0.2) is 53.1 Å². The van der Waals surface area contributed by atoms with Crippen molar-refractivity contribution in [2.75, 3.05) is 25.5 Å². The van der Waals surface area contributed by atoms with Crippen molar-refractivity contribution < 1.29 is 19.4 Å². The lowest BCUT2D eigenvalue weighted by molar-refractivity contribution is -0.129. The number of amides is 1. The SMILES string of the molecule is COc1cc(C(=O)O)cc(NC2CCN(C(C)=O)CC2)n1. The summed E-state index contributed by atoms with van der Waals surface area (Å²) in [7, 11) is 1.45. The third kappa shape index (κ3) is 3.84. The number of rotatable bonds is 4. The molecule has 0 aliphatic carbocycles. The Hall–Kier alpha value is -2.31. The summed E-state index contributed by atoms with van der Waals surface area (Å²) >= 11 is 0. The van der Waals surface area contributed by atoms with E-state index in [4.69, 9.17) is 9.84 Å². The fourth-order valence-electron chi connectivity index (χ4n) is 2.36. The van der Waals surface area contributed by atoms with Crippen LogP contribution in [0.15, 0.2) is 12.1 Å². The van der Waals surface area contributed by atoms with E-state index in [0.717, 1.165) is 12.8 Å². The first-order valence-corrected chi connectivity index (χ1v) is 6.81. The third-order valence-corrected chi connectivity index (χ3v) is 3.55. The molecule has 0 unspecified atom stereocenters. The van der Waals surface area contributed by atoms with Crippen molar-refractivity contribution in [2.24, 2.45) is 0 Å². The monoisotopic (exact) mass is 293 g/mol. The summed E-state index contributed by atoms with van der Waals surface area (Å²) in [6.45, 7) is 2.96. The molecule has 0 bridgehead atoms. The van der Waals surface area contributed by atoms with Gasteiger partial charge in [0.05, 0.1) is 12.7 Å². The molecule has 0 atom stereocenters. The zero-order chi connectivity index (χ0) is 15.4. The number of ether oxygens (including phenoxy) is 1. The summed E-state index contributed by atoms with van der Waals surface area (Å²) in [6, 6.07) is 3.04. The third-order valence-electron chi connectivity index (χ3n) is 3.55. The van der Waals surface area contributed by atoms with Crippen LogP contribution in [0.5, 0.6) is 5.88 Å². The normalized spacial score (nSPS) is 15.6. The van der Waals surface area contributed by atoms with Gasteiger partial charge in [-0.05, 0) is 18.9 Å². The van der Waals surface area contributed by atoms with Gasteiger partial charge in [-0.25, -0.2) is 4.79 Å². The Labute approximate surface area is 122 Å². The lowest BCUT2D eigenvalue weighted by Gasteiger charge is -2.32. The van der Waals surface area contributed by atoms with E-state index in [0.29, 0.717) is 18.9 Å². The fourth-order valence-corrected chi connectivity index (χ4v) is 2.36. The molecule has 1 amide bonds. The molecule has 1 aromatic heterocycles. The predicted molar refractivity (Wildman–Crippen MR) is 76.6 cm³/mol. The maximum absolute atomic E-state index is 11.3. The zero-order valence-electron chi connectivity index (χ0n) is 12.1. The number of nitrogens with one attached hydrogen (secondary N) is 1. The fraction of sp³-hybridized carbons (Fsp3) is 0.500. The van der Waals surface area contributed by atoms with Crippen LogP contribution >= 0.6 is 0 Å². The molecule has 0 aromatic carbocycles. The van der Waals surface area contributed by atoms with Crippen LogP contribution in [0.3, 0.4) is 0 Å². The number of likely N-dealkylation sites (tertiary alicyclic amines) is 1. The van der Waals surface area contributed by atoms with Gasteiger partial charge in [0.2, 0.25) is 11.8 Å². The number of methoxy groups -OCH3 is 1. The van der Waals surface area contributed by atoms with Crippen molar-refractivity contribution in [2.45, 2.75) is 25.8 Å². The number of anilines is 1. The Balaban J connectivity index is 2.04. The molecule has 114 valence electrons. The number of hydrogen-bond acceptors (Lipinski definition) is 5. The van der Waals surface area contributed by atoms with E-state index in [-0.39, 0.29) is 23.4 Å². The highest BCUT2D eigenvalue weighted by atomic mass is 16.5. The van der Waals surface area contributed by atoms with Crippen molar-refractivity contribution in [3.05, 3.63) is 17.7 Å². The average molecular weight is 293 g/mol. The number of aromatic nitrogens is 1. The molecule has 1 saturated heterocycles. The zero-order valence-corrected chi connectivity index (χ0v) is 12.1. The highest BCUT2D eigenvalue weighted by molar-refractivity contribution is 5.88. The number of nitrogens with zero attached hydrogens (tertiary/aromatic N) is 2. The molecular weight excluding hydrogens is 274 g/mol. The van der Waals surface area contributed by atoms with Gasteiger partial charge in [0.15, 0.2) is 0 Å². The highest BCUT2D eigenvalue weighted by Gasteiger charge is 2.21. The van der Waals surface area contributed by atoms with E-state index in [1.807, 2.05) is 0 Å². The van der Waals surface area contributed by atoms with E-state index in [2.05, 4.69) is 10.3 Å². The summed E-state index contributed by atoms with van der Waals surface area (Å²) in [4.78, 5) is 28.4. The van der Waals surface area contributed by atoms with Gasteiger partial charge in [0.1, 0.15) is 5.82 Å². The van der Waals surface area contributed by atoms with Crippen molar-refractivity contribution in [1.29, 1.82) is 0 Å². The molecule has 1 aliphatic rings. The van der Waals surface area contributed by atoms with Crippen molar-refractivity contribution >= 4 is 17.7 Å². The molecule has 1 aromatic rings. The molecule has 1 aliphatic heterocycles. The Morgan fingerprint density at radius 3 is 2.57 bits per heavy atom. The van der Waals surface area contributed by atoms with Gasteiger partial charge in [-0.3, -0.25) is 4.79 Å². The summed E-state index contributed by atoms with van der Waals surface area (Å²) in [5, 5.41) is 12.3. The molecule has 2 N–H and O–H groups in total. The van der Waals surface area contributed by atoms with Gasteiger partial charge < -0.3 is 20.1 Å². The van der Waals surface area contributed by atoms with Gasteiger partial charge in [0, 0.05) is 32.1 Å². The average Bonchev–Trinajstić information content (AvgIpc) is 2.47. The lowest BCUT2D eigenvalue weighted by atomic mass is 10.0. The van der Waals surface area contributed by atoms with E-state index in [1.54, 1.807) is 11.8 Å². The van der Waals surface area contributed by atoms with Crippen molar-refractivity contribution in [1.82, 2.24) is 9.88 Å². The Kier molecular flexibility index (Phi) is 4.62. The molecule has 7 heteroatoms. The number of carbonyl (C=O) groups excluding carboxylic acids is 1. The summed E-state index contributed by atoms with van der Waals surface area (Å²) in [5.74, 6) is -0.196. The van der Waals surface area contributed by atoms with Crippen LogP contribution in [0.1, 0.15) is 30.1 Å². The minimum atomic E-state index is -1.02. The lowest BCUT2D eigenvalue weighted by Crippen LogP contribution is -2.41. The van der Waals surface area contributed by atoms with E-state index in [1.165, 1.54) is 19.2 Å². The topological polar surface area (TPSA) is 91.8 Å². The number of hydrogen-bond donors (Lipinski definition) is 2. The van der Waals surface area contributed by atoms with Gasteiger partial charge in [-0.2, -0.15) is 4.98 Å². The number of piperidine rings is 1. The molecule has 2 heterocycles. The molecule has 7 nitrogen and oxygen atoms in total. The standard InChI is InChI=1S/C14H19N3O4/c1-9(18)17-5-3-11(4-6-17)15-12-7-10(14(19)20)8-13(16-12)21-2/h7-8,11H,3-6H2,1-2H3,(H,15,16)(H,19,20). The minimum Gasteiger partial charge on any atom is -0.481 e. The van der Waals surface area contributed by atoms with E-state index in [9.17, 15) is 9.59 Å². The van der Waals surface area contributed by atoms with Crippen LogP contribution in [0, 0.1) is 0 Å². The molecular formula is C14H19N3O4. The maximum atomic E-state index is 11.3. The molecule has 0 spiro atoms. The van der Waals surface area contributed by atoms with Gasteiger partial charge in [-0.15, -0.1) is 0 Å². The molecule has 0 radical (unpaired) electrons. The second-order valence-corrected chi connectivity index (χ2v) is 5.01. The highest BCUT2D eigenvalue weighted by Crippen LogP contribution is 2.20. The van der Waals surface area contributed by atoms with Crippen LogP contribution in [0.4, 0.5) is 5.82 Å². The summed E-state index contributed by atoms with van der Waals surface area (Å²) in [6.07, 6.45) is 1.61. The van der Waals surface area contributed by atoms with E-state index < -0.39 is 5.97 Å². The number of carboxylic acids is 1. The summed E-state index contributed by atoms with van der Waals surface area (Å²) < 4.78 is 5.02. The van der Waals surface area contributed by atoms with Crippen LogP contribution < -0.4 is 10.1 Å². The second-order valence-electron chi connectivity index (χ2n) is 5.01. The number of aromatic carboxylic acids is 1. The van der Waals surface area contributed by atoms with Gasteiger partial charge in [-0.1, -0.05) is 0 Å². The molecule has 2 rings (SSSR count). The van der Waals surface area contributed by atoms with Crippen molar-refractivity contribution in [3.63, 3.8) is 0 Å². The first-order chi connectivity index (χ1) is 9.99. The largest absolute Gasteiger partial charge is 0.481 e. The summed E-state index contributed by atoms with van der Waals surface area (Å²) in [5.41, 5.74) is 0.130. The van der Waals surface area contributed by atoms with Gasteiger partial charge in [0.25, 0.3) is 0 Å². The first kappa shape index (κ1) is 15.1. The number of pyridine rings is 1. The van der Waals surface area contributed by atoms with Crippen molar-refractivity contribution in [3.8, 4) is 5.88 Å². The number of carbonyl (C=O) groups is 2. The van der Waals surface area contributed by atoms with Crippen LogP contribution in [0.25, 0.3) is 0 Å². The Bertz CT molecular complexity index is 539.